The number of nitrogens with zero attached hydrogens (tertiary/aromatic N) is 5. The topological polar surface area (TPSA) is 153 Å². The fourth-order valence-electron chi connectivity index (χ4n) is 4.89. The van der Waals surface area contributed by atoms with Crippen LogP contribution in [0, 0.1) is 16.7 Å². The van der Waals surface area contributed by atoms with Crippen molar-refractivity contribution in [2.45, 2.75) is 39.3 Å². The first-order valence-electron chi connectivity index (χ1n) is 13.4. The third kappa shape index (κ3) is 6.13. The van der Waals surface area contributed by atoms with Crippen LogP contribution in [-0.4, -0.2) is 44.1 Å². The molecule has 2 aromatic carbocycles. The van der Waals surface area contributed by atoms with Crippen LogP contribution in [0.15, 0.2) is 77.4 Å². The summed E-state index contributed by atoms with van der Waals surface area (Å²) >= 11 is 0. The van der Waals surface area contributed by atoms with E-state index in [0.717, 1.165) is 19.4 Å². The summed E-state index contributed by atoms with van der Waals surface area (Å²) in [6.45, 7) is 5.19. The molecule has 1 aliphatic rings. The number of aromatic nitrogens is 4. The molecule has 1 atom stereocenters. The molecule has 0 aliphatic carbocycles. The minimum atomic E-state index is -0.572. The van der Waals surface area contributed by atoms with E-state index < -0.39 is 11.3 Å². The second-order valence-corrected chi connectivity index (χ2v) is 10.8. The van der Waals surface area contributed by atoms with Crippen molar-refractivity contribution in [3.8, 4) is 23.3 Å². The van der Waals surface area contributed by atoms with Crippen LogP contribution in [0.5, 0.6) is 11.5 Å². The first-order chi connectivity index (χ1) is 19.8. The molecule has 11 nitrogen and oxygen atoms in total. The average Bonchev–Trinajstić information content (AvgIpc) is 3.58. The molecule has 4 aromatic rings. The van der Waals surface area contributed by atoms with Gasteiger partial charge in [-0.05, 0) is 61.9 Å². The van der Waals surface area contributed by atoms with Crippen LogP contribution in [0.4, 0.5) is 5.82 Å². The van der Waals surface area contributed by atoms with Gasteiger partial charge in [0, 0.05) is 24.5 Å². The van der Waals surface area contributed by atoms with Crippen LogP contribution >= 0.6 is 0 Å². The van der Waals surface area contributed by atoms with Gasteiger partial charge < -0.3 is 21.1 Å². The van der Waals surface area contributed by atoms with Crippen LogP contribution in [0.1, 0.15) is 26.7 Å². The Balaban J connectivity index is 1.39. The molecule has 5 rings (SSSR count). The lowest BCUT2D eigenvalue weighted by Gasteiger charge is -2.25. The fraction of sp³-hybridized carbons (Fsp3) is 0.300. The third-order valence-corrected chi connectivity index (χ3v) is 6.95. The van der Waals surface area contributed by atoms with E-state index in [4.69, 9.17) is 10.5 Å². The predicted octanol–water partition coefficient (Wildman–Crippen LogP) is 3.30. The largest absolute Gasteiger partial charge is 0.457 e. The number of imidazole rings is 1. The maximum atomic E-state index is 13.8. The summed E-state index contributed by atoms with van der Waals surface area (Å²) in [5, 5.41) is 15.6. The molecule has 0 radical (unpaired) electrons. The smallest absolute Gasteiger partial charge is 0.335 e. The molecule has 2 aromatic heterocycles. The number of nitrogens with one attached hydrogen (secondary N) is 2. The molecule has 3 heterocycles. The number of carbonyl (C=O) groups is 1. The molecule has 0 spiro atoms. The molecule has 0 bridgehead atoms. The van der Waals surface area contributed by atoms with E-state index in [1.807, 2.05) is 50.2 Å². The van der Waals surface area contributed by atoms with E-state index in [1.165, 1.54) is 15.5 Å². The van der Waals surface area contributed by atoms with Crippen LogP contribution in [0.25, 0.3) is 16.9 Å². The fourth-order valence-corrected chi connectivity index (χ4v) is 4.89. The first kappa shape index (κ1) is 27.6. The molecule has 11 heteroatoms. The number of nitrogens with two attached hydrogens (primary N) is 1. The predicted molar refractivity (Wildman–Crippen MR) is 156 cm³/mol. The van der Waals surface area contributed by atoms with Gasteiger partial charge in [0.1, 0.15) is 35.0 Å². The lowest BCUT2D eigenvalue weighted by Crippen LogP contribution is -2.39. The van der Waals surface area contributed by atoms with E-state index >= 15 is 0 Å². The minimum absolute atomic E-state index is 0.0252. The summed E-state index contributed by atoms with van der Waals surface area (Å²) in [5.74, 6) is 1.06. The maximum Gasteiger partial charge on any atom is 0.335 e. The third-order valence-electron chi connectivity index (χ3n) is 6.95. The van der Waals surface area contributed by atoms with Gasteiger partial charge in [0.05, 0.1) is 5.69 Å². The quantitative estimate of drug-likeness (QED) is 0.211. The number of hydrogen-bond donors (Lipinski definition) is 3. The molecule has 1 aliphatic heterocycles. The zero-order valence-corrected chi connectivity index (χ0v) is 23.0. The van der Waals surface area contributed by atoms with E-state index in [-0.39, 0.29) is 36.2 Å². The number of hydrogen-bond acceptors (Lipinski definition) is 8. The number of amides is 1. The lowest BCUT2D eigenvalue weighted by atomic mass is 9.93. The number of fused-ring (bicyclic) bond motifs is 1. The Hall–Kier alpha value is -4.95. The number of rotatable bonds is 9. The Morgan fingerprint density at radius 3 is 2.61 bits per heavy atom. The summed E-state index contributed by atoms with van der Waals surface area (Å²) in [5.41, 5.74) is 6.77. The number of ether oxygens (including phenoxy) is 1. The summed E-state index contributed by atoms with van der Waals surface area (Å²) in [6, 6.07) is 18.5. The summed E-state index contributed by atoms with van der Waals surface area (Å²) < 4.78 is 8.91. The van der Waals surface area contributed by atoms with Crippen LogP contribution < -0.4 is 26.8 Å². The number of nitriles is 1. The number of anilines is 1. The zero-order valence-electron chi connectivity index (χ0n) is 23.0. The Morgan fingerprint density at radius 2 is 1.93 bits per heavy atom. The highest BCUT2D eigenvalue weighted by Crippen LogP contribution is 2.26. The molecule has 1 fully saturated rings. The van der Waals surface area contributed by atoms with Gasteiger partial charge in [0.2, 0.25) is 0 Å². The van der Waals surface area contributed by atoms with Gasteiger partial charge in [-0.25, -0.2) is 14.8 Å². The Bertz CT molecular complexity index is 1680. The van der Waals surface area contributed by atoms with Crippen LogP contribution in [0.3, 0.4) is 0 Å². The Labute approximate surface area is 237 Å². The average molecular weight is 553 g/mol. The zero-order chi connectivity index (χ0) is 29.0. The van der Waals surface area contributed by atoms with E-state index in [0.29, 0.717) is 28.4 Å². The van der Waals surface area contributed by atoms with Crippen LogP contribution in [-0.2, 0) is 11.3 Å². The molecule has 0 saturated carbocycles. The van der Waals surface area contributed by atoms with Gasteiger partial charge in [-0.3, -0.25) is 13.9 Å². The van der Waals surface area contributed by atoms with Crippen molar-refractivity contribution in [1.29, 1.82) is 5.26 Å². The van der Waals surface area contributed by atoms with Gasteiger partial charge in [-0.1, -0.05) is 32.0 Å². The summed E-state index contributed by atoms with van der Waals surface area (Å²) in [6.07, 6.45) is 4.91. The molecule has 1 amide bonds. The highest BCUT2D eigenvalue weighted by molar-refractivity contribution is 5.97. The lowest BCUT2D eigenvalue weighted by molar-refractivity contribution is -0.117. The Morgan fingerprint density at radius 1 is 1.20 bits per heavy atom. The van der Waals surface area contributed by atoms with Gasteiger partial charge in [0.25, 0.3) is 5.91 Å². The minimum Gasteiger partial charge on any atom is -0.457 e. The normalized spacial score (nSPS) is 15.5. The van der Waals surface area contributed by atoms with Crippen molar-refractivity contribution < 1.29 is 9.53 Å². The van der Waals surface area contributed by atoms with Crippen molar-refractivity contribution in [1.82, 2.24) is 29.7 Å². The molecule has 1 saturated heterocycles. The molecule has 0 unspecified atom stereocenters. The van der Waals surface area contributed by atoms with E-state index in [2.05, 4.69) is 20.6 Å². The second kappa shape index (κ2) is 11.7. The standard InChI is InChI=1S/C30H32N8O3/c1-30(2,17-34-28(39)20(16-31)15-21-7-6-14-33-21)18-37-27-25(26(32)35-19-36-27)38(29(37)40)22-10-12-24(13-11-22)41-23-8-4-3-5-9-23/h3-5,8-13,15,19,21,33H,6-7,14,17-18H2,1-2H3,(H,34,39)(H2,32,35,36)/b20-15-/t21-/m0/s1. The van der Waals surface area contributed by atoms with Gasteiger partial charge >= 0.3 is 5.69 Å². The van der Waals surface area contributed by atoms with Crippen molar-refractivity contribution in [2.24, 2.45) is 5.41 Å². The van der Waals surface area contributed by atoms with E-state index in [9.17, 15) is 14.9 Å². The number of carbonyl (C=O) groups excluding carboxylic acids is 1. The number of nitrogen functional groups attached to an aromatic ring is 1. The van der Waals surface area contributed by atoms with E-state index in [1.54, 1.807) is 30.3 Å². The van der Waals surface area contributed by atoms with Gasteiger partial charge in [0.15, 0.2) is 11.5 Å². The number of benzene rings is 2. The van der Waals surface area contributed by atoms with Crippen molar-refractivity contribution in [2.75, 3.05) is 18.8 Å². The molecule has 210 valence electrons. The first-order valence-corrected chi connectivity index (χ1v) is 13.4. The summed E-state index contributed by atoms with van der Waals surface area (Å²) in [7, 11) is 0. The second-order valence-electron chi connectivity index (χ2n) is 10.8. The van der Waals surface area contributed by atoms with Crippen molar-refractivity contribution >= 4 is 22.9 Å². The molecule has 41 heavy (non-hydrogen) atoms. The Kier molecular flexibility index (Phi) is 7.85. The maximum absolute atomic E-state index is 13.8. The summed E-state index contributed by atoms with van der Waals surface area (Å²) in [4.78, 5) is 35.1. The number of para-hydroxylation sites is 1. The van der Waals surface area contributed by atoms with Crippen molar-refractivity contribution in [3.05, 3.63) is 83.1 Å². The monoisotopic (exact) mass is 552 g/mol. The van der Waals surface area contributed by atoms with Crippen LogP contribution in [0.2, 0.25) is 0 Å². The van der Waals surface area contributed by atoms with Gasteiger partial charge in [-0.15, -0.1) is 0 Å². The molecule has 4 N–H and O–H groups in total. The highest BCUT2D eigenvalue weighted by Gasteiger charge is 2.27. The molecular formula is C30H32N8O3. The van der Waals surface area contributed by atoms with Crippen molar-refractivity contribution in [3.63, 3.8) is 0 Å². The SMILES string of the molecule is CC(C)(CNC(=O)/C(C#N)=C\[C@@H]1CCCN1)Cn1c(=O)n(-c2ccc(Oc3ccccc3)cc2)c2c(N)ncnc21. The molecular weight excluding hydrogens is 520 g/mol. The highest BCUT2D eigenvalue weighted by atomic mass is 16.5. The van der Waals surface area contributed by atoms with Gasteiger partial charge in [-0.2, -0.15) is 5.26 Å².